The van der Waals surface area contributed by atoms with Crippen molar-refractivity contribution in [2.45, 2.75) is 39.2 Å². The molecule has 0 aromatic heterocycles. The van der Waals surface area contributed by atoms with Crippen molar-refractivity contribution in [3.8, 4) is 11.5 Å². The Hall–Kier alpha value is -2.73. The lowest BCUT2D eigenvalue weighted by molar-refractivity contribution is -0.121. The fraction of sp³-hybridized carbons (Fsp3) is 0.417. The Balaban J connectivity index is 1.46. The molecule has 1 fully saturated rings. The molecule has 7 heteroatoms. The molecule has 2 heterocycles. The Morgan fingerprint density at radius 3 is 2.77 bits per heavy atom. The van der Waals surface area contributed by atoms with Crippen molar-refractivity contribution in [2.75, 3.05) is 25.0 Å². The summed E-state index contributed by atoms with van der Waals surface area (Å²) in [6, 6.07) is 10.6. The molecule has 6 nitrogen and oxygen atoms in total. The number of benzene rings is 2. The van der Waals surface area contributed by atoms with Gasteiger partial charge in [-0.3, -0.25) is 9.59 Å². The van der Waals surface area contributed by atoms with Gasteiger partial charge in [0, 0.05) is 41.7 Å². The number of carbonyl (C=O) groups excluding carboxylic acids is 2. The fourth-order valence-electron chi connectivity index (χ4n) is 4.20. The van der Waals surface area contributed by atoms with Crippen LogP contribution >= 0.6 is 11.6 Å². The van der Waals surface area contributed by atoms with Crippen LogP contribution in [0.3, 0.4) is 0 Å². The van der Waals surface area contributed by atoms with E-state index in [1.54, 1.807) is 29.2 Å². The van der Waals surface area contributed by atoms with Gasteiger partial charge in [-0.15, -0.1) is 0 Å². The van der Waals surface area contributed by atoms with E-state index in [9.17, 15) is 9.59 Å². The third kappa shape index (κ3) is 4.79. The number of likely N-dealkylation sites (tertiary alicyclic amines) is 1. The summed E-state index contributed by atoms with van der Waals surface area (Å²) in [5.74, 6) is 0.962. The van der Waals surface area contributed by atoms with Gasteiger partial charge in [-0.25, -0.2) is 0 Å². The highest BCUT2D eigenvalue weighted by molar-refractivity contribution is 6.30. The highest BCUT2D eigenvalue weighted by Gasteiger charge is 2.30. The van der Waals surface area contributed by atoms with Gasteiger partial charge in [-0.05, 0) is 57.0 Å². The lowest BCUT2D eigenvalue weighted by Crippen LogP contribution is -2.43. The summed E-state index contributed by atoms with van der Waals surface area (Å²) in [4.78, 5) is 27.7. The molecule has 0 spiro atoms. The van der Waals surface area contributed by atoms with Gasteiger partial charge in [0.2, 0.25) is 5.91 Å². The van der Waals surface area contributed by atoms with Gasteiger partial charge in [0.05, 0.1) is 18.2 Å². The Bertz CT molecular complexity index is 976. The van der Waals surface area contributed by atoms with Crippen LogP contribution in [0.5, 0.6) is 11.5 Å². The average Bonchev–Trinajstić information content (AvgIpc) is 3.13. The molecule has 0 aliphatic carbocycles. The number of hydrogen-bond donors (Lipinski definition) is 1. The molecule has 2 unspecified atom stereocenters. The molecule has 2 atom stereocenters. The second-order valence-electron chi connectivity index (χ2n) is 8.11. The van der Waals surface area contributed by atoms with E-state index >= 15 is 0 Å². The van der Waals surface area contributed by atoms with Crippen molar-refractivity contribution in [1.82, 2.24) is 4.90 Å². The zero-order valence-corrected chi connectivity index (χ0v) is 18.6. The summed E-state index contributed by atoms with van der Waals surface area (Å²) in [5, 5.41) is 3.61. The van der Waals surface area contributed by atoms with Crippen LogP contribution < -0.4 is 14.8 Å². The third-order valence-corrected chi connectivity index (χ3v) is 5.98. The molecule has 1 N–H and O–H groups in total. The van der Waals surface area contributed by atoms with Gasteiger partial charge in [0.25, 0.3) is 5.91 Å². The molecule has 2 aliphatic rings. The molecule has 2 amide bonds. The molecule has 1 saturated heterocycles. The van der Waals surface area contributed by atoms with Crippen molar-refractivity contribution in [1.29, 1.82) is 0 Å². The smallest absolute Gasteiger partial charge is 0.253 e. The van der Waals surface area contributed by atoms with E-state index in [1.807, 2.05) is 26.0 Å². The topological polar surface area (TPSA) is 67.9 Å². The second kappa shape index (κ2) is 9.18. The highest BCUT2D eigenvalue weighted by Crippen LogP contribution is 2.38. The molecule has 0 radical (unpaired) electrons. The number of ether oxygens (including phenoxy) is 2. The number of rotatable bonds is 5. The Labute approximate surface area is 187 Å². The minimum atomic E-state index is -0.285. The van der Waals surface area contributed by atoms with Crippen LogP contribution in [0, 0.1) is 5.92 Å². The number of nitrogens with zero attached hydrogens (tertiary/aromatic N) is 1. The number of fused-ring (bicyclic) bond motifs is 1. The first-order valence-corrected chi connectivity index (χ1v) is 11.1. The number of piperidine rings is 1. The van der Waals surface area contributed by atoms with E-state index in [4.69, 9.17) is 21.1 Å². The average molecular weight is 443 g/mol. The summed E-state index contributed by atoms with van der Waals surface area (Å²) >= 11 is 5.93. The van der Waals surface area contributed by atoms with Gasteiger partial charge >= 0.3 is 0 Å². The molecule has 2 aliphatic heterocycles. The maximum absolute atomic E-state index is 13.1. The van der Waals surface area contributed by atoms with Crippen molar-refractivity contribution < 1.29 is 19.1 Å². The molecule has 4 rings (SSSR count). The zero-order valence-electron chi connectivity index (χ0n) is 17.8. The van der Waals surface area contributed by atoms with Crippen LogP contribution in [0.25, 0.3) is 0 Å². The van der Waals surface area contributed by atoms with Gasteiger partial charge in [0.15, 0.2) is 0 Å². The van der Waals surface area contributed by atoms with E-state index in [2.05, 4.69) is 5.32 Å². The van der Waals surface area contributed by atoms with E-state index in [0.29, 0.717) is 41.7 Å². The molecule has 0 bridgehead atoms. The second-order valence-corrected chi connectivity index (χ2v) is 8.54. The van der Waals surface area contributed by atoms with Crippen molar-refractivity contribution >= 4 is 29.1 Å². The molecule has 164 valence electrons. The van der Waals surface area contributed by atoms with E-state index in [1.165, 1.54) is 0 Å². The quantitative estimate of drug-likeness (QED) is 0.737. The largest absolute Gasteiger partial charge is 0.492 e. The van der Waals surface area contributed by atoms with Crippen molar-refractivity contribution in [3.63, 3.8) is 0 Å². The van der Waals surface area contributed by atoms with Gasteiger partial charge in [-0.1, -0.05) is 11.6 Å². The molecule has 0 saturated carbocycles. The number of halogens is 1. The Kier molecular flexibility index (Phi) is 6.37. The number of hydrogen-bond acceptors (Lipinski definition) is 4. The minimum absolute atomic E-state index is 0.0795. The number of anilines is 1. The van der Waals surface area contributed by atoms with Crippen LogP contribution in [0.2, 0.25) is 5.02 Å². The van der Waals surface area contributed by atoms with Gasteiger partial charge in [0.1, 0.15) is 17.6 Å². The standard InChI is InChI=1S/C24H27ClN2O4/c1-3-30-22-12-18-11-15(2)31-21(18)13-20(22)26-23(28)17-5-4-10-27(14-17)24(29)16-6-8-19(25)9-7-16/h6-9,12-13,15,17H,3-5,10-11,14H2,1-2H3,(H,26,28). The van der Waals surface area contributed by atoms with E-state index in [-0.39, 0.29) is 23.8 Å². The maximum Gasteiger partial charge on any atom is 0.253 e. The molecular weight excluding hydrogens is 416 g/mol. The predicted octanol–water partition coefficient (Wildman–Crippen LogP) is 4.55. The van der Waals surface area contributed by atoms with Gasteiger partial charge in [-0.2, -0.15) is 0 Å². The van der Waals surface area contributed by atoms with Crippen LogP contribution in [-0.2, 0) is 11.2 Å². The Morgan fingerprint density at radius 1 is 1.26 bits per heavy atom. The number of amides is 2. The first-order valence-electron chi connectivity index (χ1n) is 10.8. The van der Waals surface area contributed by atoms with E-state index in [0.717, 1.165) is 30.6 Å². The summed E-state index contributed by atoms with van der Waals surface area (Å²) in [5.41, 5.74) is 2.28. The van der Waals surface area contributed by atoms with Crippen LogP contribution in [0.4, 0.5) is 5.69 Å². The summed E-state index contributed by atoms with van der Waals surface area (Å²) in [6.45, 7) is 5.47. The maximum atomic E-state index is 13.1. The highest BCUT2D eigenvalue weighted by atomic mass is 35.5. The van der Waals surface area contributed by atoms with E-state index < -0.39 is 0 Å². The van der Waals surface area contributed by atoms with Crippen molar-refractivity contribution in [3.05, 3.63) is 52.5 Å². The third-order valence-electron chi connectivity index (χ3n) is 5.73. The fourth-order valence-corrected chi connectivity index (χ4v) is 4.32. The summed E-state index contributed by atoms with van der Waals surface area (Å²) in [7, 11) is 0. The van der Waals surface area contributed by atoms with Gasteiger partial charge < -0.3 is 19.7 Å². The lowest BCUT2D eigenvalue weighted by Gasteiger charge is -2.32. The number of carbonyl (C=O) groups is 2. The molecule has 2 aromatic rings. The first kappa shape index (κ1) is 21.5. The predicted molar refractivity (Wildman–Crippen MR) is 120 cm³/mol. The van der Waals surface area contributed by atoms with Crippen molar-refractivity contribution in [2.24, 2.45) is 5.92 Å². The normalized spacial score (nSPS) is 20.0. The summed E-state index contributed by atoms with van der Waals surface area (Å²) in [6.07, 6.45) is 2.45. The monoisotopic (exact) mass is 442 g/mol. The van der Waals surface area contributed by atoms with Crippen LogP contribution in [-0.4, -0.2) is 42.5 Å². The SMILES string of the molecule is CCOc1cc2c(cc1NC(=O)C1CCCN(C(=O)c3ccc(Cl)cc3)C1)OC(C)C2. The first-order chi connectivity index (χ1) is 14.9. The minimum Gasteiger partial charge on any atom is -0.492 e. The summed E-state index contributed by atoms with van der Waals surface area (Å²) < 4.78 is 11.6. The molecule has 31 heavy (non-hydrogen) atoms. The Morgan fingerprint density at radius 2 is 2.03 bits per heavy atom. The zero-order chi connectivity index (χ0) is 22.0. The number of nitrogens with one attached hydrogen (secondary N) is 1. The van der Waals surface area contributed by atoms with Crippen LogP contribution in [0.15, 0.2) is 36.4 Å². The molecular formula is C24H27ClN2O4. The lowest BCUT2D eigenvalue weighted by atomic mass is 9.96. The molecule has 2 aromatic carbocycles. The van der Waals surface area contributed by atoms with Crippen LogP contribution in [0.1, 0.15) is 42.6 Å².